The Morgan fingerprint density at radius 2 is 2.00 bits per heavy atom. The molecule has 3 aliphatic rings. The van der Waals surface area contributed by atoms with Crippen molar-refractivity contribution in [3.63, 3.8) is 0 Å². The zero-order valence-electron chi connectivity index (χ0n) is 13.2. The fraction of sp³-hybridized carbons (Fsp3) is 0.765. The lowest BCUT2D eigenvalue weighted by molar-refractivity contribution is 0.0466. The summed E-state index contributed by atoms with van der Waals surface area (Å²) in [6.45, 7) is 3.86. The van der Waals surface area contributed by atoms with Crippen LogP contribution in [0, 0.1) is 5.92 Å². The Balaban J connectivity index is 1.22. The Bertz CT molecular complexity index is 535. The van der Waals surface area contributed by atoms with Gasteiger partial charge < -0.3 is 15.3 Å². The maximum absolute atomic E-state index is 10.3. The molecule has 1 aromatic rings. The molecular formula is C17H26N4O. The van der Waals surface area contributed by atoms with E-state index in [1.807, 2.05) is 0 Å². The van der Waals surface area contributed by atoms with Crippen molar-refractivity contribution in [2.45, 2.75) is 50.5 Å². The highest BCUT2D eigenvalue weighted by atomic mass is 16.3. The van der Waals surface area contributed by atoms with Crippen LogP contribution >= 0.6 is 0 Å². The summed E-state index contributed by atoms with van der Waals surface area (Å²) in [5.74, 6) is 1.71. The summed E-state index contributed by atoms with van der Waals surface area (Å²) in [4.78, 5) is 2.32. The molecule has 120 valence electrons. The summed E-state index contributed by atoms with van der Waals surface area (Å²) >= 11 is 0. The van der Waals surface area contributed by atoms with Gasteiger partial charge in [0.25, 0.3) is 0 Å². The number of aliphatic hydroxyl groups is 1. The third kappa shape index (κ3) is 2.84. The number of hydrogen-bond donors (Lipinski definition) is 2. The van der Waals surface area contributed by atoms with E-state index >= 15 is 0 Å². The first-order valence-electron chi connectivity index (χ1n) is 8.75. The number of aromatic nitrogens is 2. The van der Waals surface area contributed by atoms with Gasteiger partial charge in [0.15, 0.2) is 5.82 Å². The minimum atomic E-state index is -0.436. The van der Waals surface area contributed by atoms with E-state index in [4.69, 9.17) is 0 Å². The Hall–Kier alpha value is -1.20. The van der Waals surface area contributed by atoms with E-state index in [1.165, 1.54) is 30.5 Å². The molecule has 5 heteroatoms. The highest BCUT2D eigenvalue weighted by molar-refractivity contribution is 5.45. The van der Waals surface area contributed by atoms with Crippen molar-refractivity contribution in [1.82, 2.24) is 15.5 Å². The van der Waals surface area contributed by atoms with E-state index in [2.05, 4.69) is 26.5 Å². The lowest BCUT2D eigenvalue weighted by Gasteiger charge is -2.40. The molecule has 0 aromatic carbocycles. The summed E-state index contributed by atoms with van der Waals surface area (Å²) in [5, 5.41) is 22.5. The molecule has 2 fully saturated rings. The lowest BCUT2D eigenvalue weighted by Crippen LogP contribution is -2.52. The Morgan fingerprint density at radius 1 is 1.18 bits per heavy atom. The van der Waals surface area contributed by atoms with Crippen LogP contribution < -0.4 is 10.2 Å². The molecule has 0 atom stereocenters. The molecule has 0 radical (unpaired) electrons. The van der Waals surface area contributed by atoms with Gasteiger partial charge in [-0.25, -0.2) is 0 Å². The smallest absolute Gasteiger partial charge is 0.151 e. The predicted molar refractivity (Wildman–Crippen MR) is 86.0 cm³/mol. The largest absolute Gasteiger partial charge is 0.389 e. The van der Waals surface area contributed by atoms with Gasteiger partial charge in [-0.05, 0) is 43.7 Å². The number of nitrogens with zero attached hydrogens (tertiary/aromatic N) is 3. The van der Waals surface area contributed by atoms with Crippen molar-refractivity contribution >= 4 is 5.82 Å². The van der Waals surface area contributed by atoms with E-state index < -0.39 is 5.60 Å². The van der Waals surface area contributed by atoms with Gasteiger partial charge in [-0.1, -0.05) is 12.8 Å². The average molecular weight is 302 g/mol. The topological polar surface area (TPSA) is 61.3 Å². The van der Waals surface area contributed by atoms with E-state index in [0.29, 0.717) is 5.92 Å². The molecule has 0 bridgehead atoms. The molecule has 2 aliphatic carbocycles. The monoisotopic (exact) mass is 302 g/mol. The number of aryl methyl sites for hydroxylation is 2. The molecule has 1 saturated heterocycles. The predicted octanol–water partition coefficient (Wildman–Crippen LogP) is 1.30. The zero-order chi connectivity index (χ0) is 15.0. The number of hydrogen-bond acceptors (Lipinski definition) is 5. The molecule has 1 aliphatic heterocycles. The highest BCUT2D eigenvalue weighted by Gasteiger charge is 2.32. The van der Waals surface area contributed by atoms with Gasteiger partial charge >= 0.3 is 0 Å². The minimum Gasteiger partial charge on any atom is -0.389 e. The first kappa shape index (κ1) is 14.4. The van der Waals surface area contributed by atoms with Crippen LogP contribution in [0.15, 0.2) is 6.07 Å². The molecule has 5 nitrogen and oxygen atoms in total. The van der Waals surface area contributed by atoms with Gasteiger partial charge in [0, 0.05) is 32.1 Å². The number of anilines is 1. The van der Waals surface area contributed by atoms with Gasteiger partial charge in [-0.15, -0.1) is 5.10 Å². The Labute approximate surface area is 132 Å². The van der Waals surface area contributed by atoms with Crippen LogP contribution in [0.4, 0.5) is 5.82 Å². The third-order valence-corrected chi connectivity index (χ3v) is 5.51. The standard InChI is InChI=1S/C17H26N4O/c22-17(6-1-2-7-17)12-18-9-13-10-21(11-13)16-8-14-4-3-5-15(14)19-20-16/h8,13,18,22H,1-7,9-12H2. The highest BCUT2D eigenvalue weighted by Crippen LogP contribution is 2.29. The van der Waals surface area contributed by atoms with Crippen molar-refractivity contribution in [2.75, 3.05) is 31.1 Å². The third-order valence-electron chi connectivity index (χ3n) is 5.51. The minimum absolute atomic E-state index is 0.436. The molecule has 0 spiro atoms. The van der Waals surface area contributed by atoms with Gasteiger partial charge in [0.1, 0.15) is 0 Å². The molecule has 2 heterocycles. The van der Waals surface area contributed by atoms with E-state index in [9.17, 15) is 5.11 Å². The van der Waals surface area contributed by atoms with Gasteiger partial charge in [0.05, 0.1) is 11.3 Å². The number of rotatable bonds is 5. The van der Waals surface area contributed by atoms with E-state index in [0.717, 1.165) is 57.7 Å². The maximum Gasteiger partial charge on any atom is 0.151 e. The van der Waals surface area contributed by atoms with Crippen LogP contribution in [0.3, 0.4) is 0 Å². The summed E-state index contributed by atoms with van der Waals surface area (Å²) < 4.78 is 0. The first-order valence-corrected chi connectivity index (χ1v) is 8.75. The van der Waals surface area contributed by atoms with Crippen LogP contribution in [0.1, 0.15) is 43.4 Å². The quantitative estimate of drug-likeness (QED) is 0.858. The Morgan fingerprint density at radius 3 is 2.82 bits per heavy atom. The molecule has 0 unspecified atom stereocenters. The van der Waals surface area contributed by atoms with Crippen molar-refractivity contribution < 1.29 is 5.11 Å². The van der Waals surface area contributed by atoms with E-state index in [-0.39, 0.29) is 0 Å². The molecule has 0 amide bonds. The zero-order valence-corrected chi connectivity index (χ0v) is 13.2. The summed E-state index contributed by atoms with van der Waals surface area (Å²) in [6.07, 6.45) is 7.75. The molecule has 2 N–H and O–H groups in total. The molecule has 1 saturated carbocycles. The SMILES string of the molecule is OC1(CNCC2CN(c3cc4c(nn3)CCC4)C2)CCCC1. The van der Waals surface area contributed by atoms with Crippen molar-refractivity contribution in [1.29, 1.82) is 0 Å². The summed E-state index contributed by atoms with van der Waals surface area (Å²) in [6, 6.07) is 2.24. The van der Waals surface area contributed by atoms with Crippen LogP contribution in [0.25, 0.3) is 0 Å². The second kappa shape index (κ2) is 5.78. The lowest BCUT2D eigenvalue weighted by atomic mass is 9.98. The van der Waals surface area contributed by atoms with Crippen molar-refractivity contribution in [3.8, 4) is 0 Å². The molecule has 4 rings (SSSR count). The van der Waals surface area contributed by atoms with Crippen LogP contribution in [-0.2, 0) is 12.8 Å². The van der Waals surface area contributed by atoms with E-state index in [1.54, 1.807) is 0 Å². The number of nitrogens with one attached hydrogen (secondary N) is 1. The summed E-state index contributed by atoms with van der Waals surface area (Å²) in [5.41, 5.74) is 2.16. The molecule has 22 heavy (non-hydrogen) atoms. The average Bonchev–Trinajstić information content (AvgIpc) is 3.09. The fourth-order valence-electron chi connectivity index (χ4n) is 4.08. The van der Waals surface area contributed by atoms with Gasteiger partial charge in [-0.3, -0.25) is 0 Å². The maximum atomic E-state index is 10.3. The van der Waals surface area contributed by atoms with Crippen LogP contribution in [-0.4, -0.2) is 47.1 Å². The second-order valence-electron chi connectivity index (χ2n) is 7.36. The normalized spacial score (nSPS) is 23.6. The molecular weight excluding hydrogens is 276 g/mol. The number of fused-ring (bicyclic) bond motifs is 1. The van der Waals surface area contributed by atoms with Crippen LogP contribution in [0.5, 0.6) is 0 Å². The summed E-state index contributed by atoms with van der Waals surface area (Å²) in [7, 11) is 0. The first-order chi connectivity index (χ1) is 10.7. The second-order valence-corrected chi connectivity index (χ2v) is 7.36. The fourth-order valence-corrected chi connectivity index (χ4v) is 4.08. The van der Waals surface area contributed by atoms with Crippen LogP contribution in [0.2, 0.25) is 0 Å². The van der Waals surface area contributed by atoms with Crippen molar-refractivity contribution in [3.05, 3.63) is 17.3 Å². The Kier molecular flexibility index (Phi) is 3.78. The molecule has 1 aromatic heterocycles. The van der Waals surface area contributed by atoms with Gasteiger partial charge in [0.2, 0.25) is 0 Å². The van der Waals surface area contributed by atoms with Crippen molar-refractivity contribution in [2.24, 2.45) is 5.92 Å². The van der Waals surface area contributed by atoms with Gasteiger partial charge in [-0.2, -0.15) is 5.10 Å².